The molecule has 0 saturated carbocycles. The molecular weight excluding hydrogens is 1770 g/mol. The van der Waals surface area contributed by atoms with Crippen LogP contribution >= 0.6 is 22.6 Å². The van der Waals surface area contributed by atoms with Crippen molar-refractivity contribution in [2.24, 2.45) is 0 Å². The molecule has 0 aromatic heterocycles. The number of nitrogens with zero attached hydrogens (tertiary/aromatic N) is 4. The van der Waals surface area contributed by atoms with Gasteiger partial charge in [-0.25, -0.2) is 49.1 Å². The summed E-state index contributed by atoms with van der Waals surface area (Å²) in [5.74, 6) is -16.6. The summed E-state index contributed by atoms with van der Waals surface area (Å²) in [6, 6.07) is 7.61. The van der Waals surface area contributed by atoms with Crippen molar-refractivity contribution in [3.05, 3.63) is 170 Å². The van der Waals surface area contributed by atoms with E-state index < -0.39 is 94.4 Å². The van der Waals surface area contributed by atoms with E-state index in [0.717, 1.165) is 235 Å². The molecule has 0 spiro atoms. The Morgan fingerprint density at radius 3 is 1.21 bits per heavy atom. The number of fused-ring (bicyclic) bond motifs is 8. The molecule has 0 saturated heterocycles. The third kappa shape index (κ3) is 20.5. The zero-order valence-electron chi connectivity index (χ0n) is 69.3. The standard InChI is InChI=1S/C44H51F4N2O3.C32H26F4N2O3.C12H25I.CH3F.CH2O2.HI.2K.H/c1-2-3-4-5-6-7-8-9-10-11-24-52-44(51)35-34(36(45)38(47)39(48)37(35)46)33-31-25-27-16-12-20-49-22-14-18-29(40(27)49)42(31)53-43-30-19-15-23-50-21-13-17-28(41(30)50)26-32(33)43;33-24-22(23(32(39)40)25(34)27(36)26(24)35)21-19-13-15-5-1-9-37-11-3-7-17(28(15)37)30(19)41-31-18-8-4-12-38-10-2-6-16(29(18)38)14-20(21)31;1-2-3-4-5-6-7-8-9-10-11-12-13;1-2;2-1-3;;;;/h25-26H,2-24H2,1H3;13-14H,1-12H2;2-12H2,1H3;1H3;1H,(H,2,3);1H;;;/q+1;;;;;;2*+1;-1/p-2/i;;;1D;;;;;. The first kappa shape index (κ1) is 93.6. The molecule has 6 aromatic rings. The van der Waals surface area contributed by atoms with Gasteiger partial charge in [0.25, 0.3) is 0 Å². The maximum absolute atomic E-state index is 16.6. The van der Waals surface area contributed by atoms with Crippen LogP contribution < -0.4 is 187 Å². The number of alkyl halides is 2. The van der Waals surface area contributed by atoms with Crippen molar-refractivity contribution >= 4 is 63.5 Å². The molecule has 0 unspecified atom stereocenters. The Labute approximate surface area is 789 Å². The molecule has 16 rings (SSSR count). The predicted molar refractivity (Wildman–Crippen MR) is 425 cm³/mol. The third-order valence-corrected chi connectivity index (χ3v) is 24.8. The first-order valence-corrected chi connectivity index (χ1v) is 42.9. The molecule has 0 amide bonds. The normalized spacial score (nSPS) is 15.7. The molecule has 6 aromatic carbocycles. The minimum Gasteiger partial charge on any atom is -1.00 e. The molecule has 10 aliphatic rings. The second-order valence-electron chi connectivity index (χ2n) is 31.3. The van der Waals surface area contributed by atoms with Crippen molar-refractivity contribution in [3.63, 3.8) is 0 Å². The van der Waals surface area contributed by atoms with E-state index in [1.807, 2.05) is 24.3 Å². The van der Waals surface area contributed by atoms with Crippen molar-refractivity contribution in [3.8, 4) is 23.0 Å². The monoisotopic (exact) mass is 1880 g/mol. The molecule has 0 fully saturated rings. The van der Waals surface area contributed by atoms with Gasteiger partial charge < -0.3 is 69.2 Å². The number of ether oxygens (including phenoxy) is 3. The Hall–Kier alpha value is -3.63. The van der Waals surface area contributed by atoms with E-state index in [9.17, 15) is 27.9 Å². The maximum Gasteiger partial charge on any atom is 1.00 e. The van der Waals surface area contributed by atoms with E-state index in [-0.39, 0.29) is 146 Å². The fraction of sp³-hybridized carbons (Fsp3) is 0.544. The number of carboxylic acids is 1. The van der Waals surface area contributed by atoms with Crippen LogP contribution in [0.1, 0.15) is 284 Å². The largest absolute Gasteiger partial charge is 1.00 e. The van der Waals surface area contributed by atoms with Crippen LogP contribution in [0.3, 0.4) is 0 Å². The Morgan fingerprint density at radius 1 is 0.487 bits per heavy atom. The van der Waals surface area contributed by atoms with Crippen LogP contribution in [0.15, 0.2) is 24.3 Å². The van der Waals surface area contributed by atoms with Gasteiger partial charge in [0.2, 0.25) is 10.7 Å². The minimum absolute atomic E-state index is 0. The second kappa shape index (κ2) is 45.5. The summed E-state index contributed by atoms with van der Waals surface area (Å²) in [6.45, 7) is 11.3. The molecule has 12 nitrogen and oxygen atoms in total. The molecule has 0 bridgehead atoms. The van der Waals surface area contributed by atoms with Crippen LogP contribution in [0.2, 0.25) is 0 Å². The van der Waals surface area contributed by atoms with Crippen LogP contribution in [-0.2, 0) is 60.9 Å². The van der Waals surface area contributed by atoms with E-state index in [0.29, 0.717) is 63.8 Å². The summed E-state index contributed by atoms with van der Waals surface area (Å²) in [5, 5.41) is 23.6. The summed E-state index contributed by atoms with van der Waals surface area (Å²) < 4.78 is 165. The molecule has 115 heavy (non-hydrogen) atoms. The topological polar surface area (TPSA) is 138 Å². The summed E-state index contributed by atoms with van der Waals surface area (Å²) in [5.41, 5.74) is 7.59. The third-order valence-electron chi connectivity index (χ3n) is 24.0. The minimum atomic E-state index is -2.18. The number of aromatic carboxylic acids is 1. The number of anilines is 2. The molecule has 0 N–H and O–H groups in total. The number of benzene rings is 6. The van der Waals surface area contributed by atoms with Gasteiger partial charge in [-0.1, -0.05) is 152 Å². The van der Waals surface area contributed by atoms with Gasteiger partial charge in [-0.2, -0.15) is 0 Å². The number of carbonyl (C=O) groups excluding carboxylic acids is 3. The molecule has 10 heterocycles. The Balaban J connectivity index is 0.000000237. The van der Waals surface area contributed by atoms with Crippen LogP contribution in [0, 0.1) is 46.5 Å². The summed E-state index contributed by atoms with van der Waals surface area (Å²) in [4.78, 5) is 39.1. The summed E-state index contributed by atoms with van der Waals surface area (Å²) in [7, 11) is -1.00. The smallest absolute Gasteiger partial charge is 1.00 e. The number of unbranched alkanes of at least 4 members (excludes halogenated alkanes) is 18. The van der Waals surface area contributed by atoms with Gasteiger partial charge >= 0.3 is 109 Å². The Kier molecular flexibility index (Phi) is 37.0. The molecule has 25 heteroatoms. The van der Waals surface area contributed by atoms with Crippen molar-refractivity contribution in [2.75, 3.05) is 80.3 Å². The Bertz CT molecular complexity index is 4830. The number of hydrogen-bond acceptors (Lipinski definition) is 10. The van der Waals surface area contributed by atoms with Gasteiger partial charge in [0.05, 0.1) is 32.2 Å². The molecule has 10 aliphatic heterocycles. The van der Waals surface area contributed by atoms with E-state index in [1.54, 1.807) is 0 Å². The quantitative estimate of drug-likeness (QED) is 0.00552. The number of halogens is 11. The van der Waals surface area contributed by atoms with Crippen LogP contribution in [0.4, 0.5) is 50.9 Å². The van der Waals surface area contributed by atoms with Gasteiger partial charge in [0, 0.05) is 141 Å². The van der Waals surface area contributed by atoms with Gasteiger partial charge in [-0.05, 0) is 130 Å². The van der Waals surface area contributed by atoms with Crippen LogP contribution in [0.5, 0.6) is 23.0 Å². The van der Waals surface area contributed by atoms with Gasteiger partial charge in [0.1, 0.15) is 54.7 Å². The van der Waals surface area contributed by atoms with Crippen LogP contribution in [0.25, 0.3) is 11.1 Å². The number of carboxylic acid groups (broad SMARTS) is 2. The molecular formula is C90H107F9I2K2N4O8. The molecule has 0 radical (unpaired) electrons. The zero-order chi connectivity index (χ0) is 80.0. The van der Waals surface area contributed by atoms with E-state index in [2.05, 4.69) is 55.4 Å². The van der Waals surface area contributed by atoms with Crippen molar-refractivity contribution in [1.82, 2.24) is 9.15 Å². The first-order chi connectivity index (χ1) is 55.0. The van der Waals surface area contributed by atoms with Gasteiger partial charge in [-0.3, -0.25) is 4.39 Å². The average Bonchev–Trinajstić information content (AvgIpc) is 0.708. The van der Waals surface area contributed by atoms with E-state index >= 15 is 26.3 Å². The van der Waals surface area contributed by atoms with Crippen molar-refractivity contribution in [2.45, 2.75) is 245 Å². The maximum atomic E-state index is 16.6. The average molecular weight is 1880 g/mol. The molecule has 614 valence electrons. The van der Waals surface area contributed by atoms with Gasteiger partial charge in [0.15, 0.2) is 46.5 Å². The fourth-order valence-corrected chi connectivity index (χ4v) is 19.6. The number of rotatable bonds is 25. The number of hydrogen-bond donors (Lipinski definition) is 0. The second-order valence-corrected chi connectivity index (χ2v) is 32.4. The SMILES string of the molecule is CCCCCCCCCCCCI.CCCCCCCCCCCCOC(=O)c1c(F)c(F)c(F)c(F)c1C1=c2cc3c4c(c2Oc2c1cc1c5c2CCCN5CCC1)CCC[N+]=4CCC3.O=C([O-])c1c(F)c(F)c(F)c(F)c1C1=c2cc3c4c(c2Oc2c1cc1c5c2CCCN5CCC1)CCC[N+]=4CCC3.O=C[O-].[2H]CF.[H-].[I-].[K+].[K+]. The number of aryl methyl sites for hydroxylation is 4. The van der Waals surface area contributed by atoms with Crippen molar-refractivity contribution in [1.29, 1.82) is 0 Å². The van der Waals surface area contributed by atoms with Crippen molar-refractivity contribution < 1.29 is 208 Å². The molecule has 0 aliphatic carbocycles. The summed E-state index contributed by atoms with van der Waals surface area (Å²) in [6.07, 6.45) is 38.5. The first-order valence-electron chi connectivity index (χ1n) is 42.1. The van der Waals surface area contributed by atoms with E-state index in [1.165, 1.54) is 101 Å². The number of carbonyl (C=O) groups is 3. The van der Waals surface area contributed by atoms with Crippen LogP contribution in [-0.4, -0.2) is 89.0 Å². The fourth-order valence-electron chi connectivity index (χ4n) is 19.1. The number of esters is 1. The Morgan fingerprint density at radius 2 is 0.817 bits per heavy atom. The summed E-state index contributed by atoms with van der Waals surface area (Å²) >= 11 is 2.47. The predicted octanol–water partition coefficient (Wildman–Crippen LogP) is 7.22. The van der Waals surface area contributed by atoms with E-state index in [4.69, 9.17) is 25.5 Å². The van der Waals surface area contributed by atoms with Gasteiger partial charge in [-0.15, -0.1) is 0 Å². The zero-order valence-corrected chi connectivity index (χ0v) is 77.9. The molecule has 0 atom stereocenters.